The van der Waals surface area contributed by atoms with Crippen LogP contribution in [-0.4, -0.2) is 43.8 Å². The van der Waals surface area contributed by atoms with Crippen molar-refractivity contribution < 1.29 is 8.42 Å². The number of hydrogen-bond acceptors (Lipinski definition) is 4. The van der Waals surface area contributed by atoms with Gasteiger partial charge < -0.3 is 0 Å². The van der Waals surface area contributed by atoms with Crippen molar-refractivity contribution in [3.63, 3.8) is 0 Å². The Labute approximate surface area is 149 Å². The van der Waals surface area contributed by atoms with Gasteiger partial charge in [-0.25, -0.2) is 8.42 Å². The molecular formula is C16H19BrN2O2S2. The molecule has 1 saturated heterocycles. The lowest BCUT2D eigenvalue weighted by Crippen LogP contribution is -2.34. The van der Waals surface area contributed by atoms with Crippen LogP contribution in [0.1, 0.15) is 12.0 Å². The van der Waals surface area contributed by atoms with Gasteiger partial charge in [-0.05, 0) is 46.6 Å². The van der Waals surface area contributed by atoms with Gasteiger partial charge in [0.1, 0.15) is 4.21 Å². The maximum Gasteiger partial charge on any atom is 0.252 e. The highest BCUT2D eigenvalue weighted by Gasteiger charge is 2.28. The van der Waals surface area contributed by atoms with Crippen molar-refractivity contribution >= 4 is 37.3 Å². The molecule has 0 atom stereocenters. The molecule has 23 heavy (non-hydrogen) atoms. The molecule has 2 aromatic rings. The van der Waals surface area contributed by atoms with Gasteiger partial charge in [0, 0.05) is 26.2 Å². The van der Waals surface area contributed by atoms with E-state index in [1.165, 1.54) is 16.9 Å². The van der Waals surface area contributed by atoms with Crippen LogP contribution in [0.25, 0.3) is 0 Å². The fourth-order valence-electron chi connectivity index (χ4n) is 2.75. The molecule has 2 heterocycles. The number of thiophene rings is 1. The Morgan fingerprint density at radius 2 is 1.78 bits per heavy atom. The van der Waals surface area contributed by atoms with Crippen LogP contribution in [0.4, 0.5) is 0 Å². The van der Waals surface area contributed by atoms with E-state index in [1.807, 2.05) is 18.2 Å². The van der Waals surface area contributed by atoms with E-state index < -0.39 is 10.0 Å². The van der Waals surface area contributed by atoms with Gasteiger partial charge >= 0.3 is 0 Å². The predicted octanol–water partition coefficient (Wildman–Crippen LogP) is 3.41. The summed E-state index contributed by atoms with van der Waals surface area (Å²) in [6, 6.07) is 13.8. The summed E-state index contributed by atoms with van der Waals surface area (Å²) in [5.74, 6) is 0. The highest BCUT2D eigenvalue weighted by Crippen LogP contribution is 2.29. The first-order valence-corrected chi connectivity index (χ1v) is 10.6. The zero-order valence-corrected chi connectivity index (χ0v) is 15.9. The minimum absolute atomic E-state index is 0.417. The van der Waals surface area contributed by atoms with E-state index in [1.54, 1.807) is 16.4 Å². The lowest BCUT2D eigenvalue weighted by atomic mass is 10.2. The highest BCUT2D eigenvalue weighted by molar-refractivity contribution is 9.11. The quantitative estimate of drug-likeness (QED) is 0.769. The van der Waals surface area contributed by atoms with Gasteiger partial charge in [0.2, 0.25) is 0 Å². The first-order valence-electron chi connectivity index (χ1n) is 7.57. The van der Waals surface area contributed by atoms with Gasteiger partial charge in [0.15, 0.2) is 0 Å². The van der Waals surface area contributed by atoms with Crippen LogP contribution in [0.3, 0.4) is 0 Å². The molecule has 1 aliphatic heterocycles. The maximum absolute atomic E-state index is 12.7. The van der Waals surface area contributed by atoms with E-state index in [2.05, 4.69) is 33.0 Å². The minimum Gasteiger partial charge on any atom is -0.298 e. The van der Waals surface area contributed by atoms with E-state index >= 15 is 0 Å². The van der Waals surface area contributed by atoms with Crippen molar-refractivity contribution in [2.24, 2.45) is 0 Å². The molecule has 1 aliphatic rings. The zero-order chi connectivity index (χ0) is 16.3. The van der Waals surface area contributed by atoms with E-state index in [0.29, 0.717) is 17.3 Å². The second kappa shape index (κ2) is 7.44. The molecule has 1 aromatic carbocycles. The van der Waals surface area contributed by atoms with E-state index in [4.69, 9.17) is 0 Å². The van der Waals surface area contributed by atoms with Crippen LogP contribution in [0.15, 0.2) is 50.5 Å². The Hall–Kier alpha value is -0.730. The third-order valence-corrected chi connectivity index (χ3v) is 7.93. The van der Waals surface area contributed by atoms with Crippen LogP contribution in [-0.2, 0) is 16.6 Å². The molecule has 3 rings (SSSR count). The Kier molecular flexibility index (Phi) is 5.53. The summed E-state index contributed by atoms with van der Waals surface area (Å²) in [7, 11) is -3.37. The van der Waals surface area contributed by atoms with Gasteiger partial charge in [0.25, 0.3) is 10.0 Å². The summed E-state index contributed by atoms with van der Waals surface area (Å²) in [4.78, 5) is 2.33. The Bertz CT molecular complexity index is 746. The lowest BCUT2D eigenvalue weighted by molar-refractivity contribution is 0.278. The van der Waals surface area contributed by atoms with Crippen molar-refractivity contribution in [3.8, 4) is 0 Å². The SMILES string of the molecule is O=S(=O)(c1ccc(Br)s1)N1CCCN(Cc2ccccc2)CC1. The standard InChI is InChI=1S/C16H19BrN2O2S2/c17-15-7-8-16(22-15)23(20,21)19-10-4-9-18(11-12-19)13-14-5-2-1-3-6-14/h1-3,5-8H,4,9-13H2. The Morgan fingerprint density at radius 1 is 1.00 bits per heavy atom. The summed E-state index contributed by atoms with van der Waals surface area (Å²) in [5.41, 5.74) is 1.27. The Balaban J connectivity index is 1.66. The summed E-state index contributed by atoms with van der Waals surface area (Å²) in [6.45, 7) is 3.70. The zero-order valence-electron chi connectivity index (χ0n) is 12.7. The first-order chi connectivity index (χ1) is 11.1. The molecule has 0 aliphatic carbocycles. The topological polar surface area (TPSA) is 40.6 Å². The monoisotopic (exact) mass is 414 g/mol. The number of hydrogen-bond donors (Lipinski definition) is 0. The summed E-state index contributed by atoms with van der Waals surface area (Å²) < 4.78 is 28.3. The minimum atomic E-state index is -3.37. The number of benzene rings is 1. The average Bonchev–Trinajstić information content (AvgIpc) is 2.84. The van der Waals surface area contributed by atoms with Crippen molar-refractivity contribution in [3.05, 3.63) is 51.8 Å². The number of nitrogens with zero attached hydrogens (tertiary/aromatic N) is 2. The molecule has 0 spiro atoms. The molecule has 1 fully saturated rings. The van der Waals surface area contributed by atoms with Crippen molar-refractivity contribution in [2.75, 3.05) is 26.2 Å². The van der Waals surface area contributed by atoms with E-state index in [-0.39, 0.29) is 0 Å². The molecule has 124 valence electrons. The van der Waals surface area contributed by atoms with Crippen LogP contribution >= 0.6 is 27.3 Å². The number of sulfonamides is 1. The molecule has 1 aromatic heterocycles. The molecule has 0 amide bonds. The number of rotatable bonds is 4. The molecule has 0 N–H and O–H groups in total. The molecule has 0 unspecified atom stereocenters. The van der Waals surface area contributed by atoms with E-state index in [0.717, 1.165) is 29.8 Å². The summed E-state index contributed by atoms with van der Waals surface area (Å²) in [6.07, 6.45) is 0.860. The van der Waals surface area contributed by atoms with Gasteiger partial charge in [-0.1, -0.05) is 30.3 Å². The van der Waals surface area contributed by atoms with Crippen molar-refractivity contribution in [2.45, 2.75) is 17.2 Å². The van der Waals surface area contributed by atoms with Crippen molar-refractivity contribution in [1.82, 2.24) is 9.21 Å². The van der Waals surface area contributed by atoms with Gasteiger partial charge in [-0.2, -0.15) is 4.31 Å². The predicted molar refractivity (Wildman–Crippen MR) is 97.1 cm³/mol. The lowest BCUT2D eigenvalue weighted by Gasteiger charge is -2.21. The van der Waals surface area contributed by atoms with Crippen molar-refractivity contribution in [1.29, 1.82) is 0 Å². The van der Waals surface area contributed by atoms with E-state index in [9.17, 15) is 8.42 Å². The summed E-state index contributed by atoms with van der Waals surface area (Å²) in [5, 5.41) is 0. The van der Waals surface area contributed by atoms with Gasteiger partial charge in [-0.3, -0.25) is 4.90 Å². The summed E-state index contributed by atoms with van der Waals surface area (Å²) >= 11 is 4.61. The normalized spacial score (nSPS) is 18.0. The first kappa shape index (κ1) is 17.1. The molecule has 4 nitrogen and oxygen atoms in total. The fraction of sp³-hybridized carbons (Fsp3) is 0.375. The fourth-order valence-corrected chi connectivity index (χ4v) is 6.38. The van der Waals surface area contributed by atoms with Crippen LogP contribution in [0, 0.1) is 0 Å². The second-order valence-corrected chi connectivity index (χ2v) is 10.2. The second-order valence-electron chi connectivity index (χ2n) is 5.58. The third-order valence-electron chi connectivity index (χ3n) is 3.94. The Morgan fingerprint density at radius 3 is 2.48 bits per heavy atom. The maximum atomic E-state index is 12.7. The largest absolute Gasteiger partial charge is 0.298 e. The van der Waals surface area contributed by atoms with Crippen LogP contribution in [0.2, 0.25) is 0 Å². The number of halogens is 1. The molecule has 0 radical (unpaired) electrons. The smallest absolute Gasteiger partial charge is 0.252 e. The van der Waals surface area contributed by atoms with Gasteiger partial charge in [0.05, 0.1) is 3.79 Å². The highest BCUT2D eigenvalue weighted by atomic mass is 79.9. The molecule has 7 heteroatoms. The van der Waals surface area contributed by atoms with Crippen LogP contribution in [0.5, 0.6) is 0 Å². The molecule has 0 saturated carbocycles. The molecular weight excluding hydrogens is 396 g/mol. The third kappa shape index (κ3) is 4.22. The average molecular weight is 415 g/mol. The van der Waals surface area contributed by atoms with Crippen LogP contribution < -0.4 is 0 Å². The van der Waals surface area contributed by atoms with Gasteiger partial charge in [-0.15, -0.1) is 11.3 Å². The molecule has 0 bridgehead atoms.